The van der Waals surface area contributed by atoms with Gasteiger partial charge in [-0.1, -0.05) is 30.7 Å². The van der Waals surface area contributed by atoms with Gasteiger partial charge < -0.3 is 9.94 Å². The van der Waals surface area contributed by atoms with Crippen molar-refractivity contribution in [1.82, 2.24) is 0 Å². The first-order valence-corrected chi connectivity index (χ1v) is 10.8. The number of fused-ring (bicyclic) bond motifs is 5. The van der Waals surface area contributed by atoms with Gasteiger partial charge in [0, 0.05) is 19.3 Å². The topological polar surface area (TPSA) is 58.9 Å². The van der Waals surface area contributed by atoms with E-state index >= 15 is 0 Å². The number of hydrogen-bond donors (Lipinski definition) is 1. The number of hydrogen-bond acceptors (Lipinski definition) is 4. The molecule has 0 radical (unpaired) electrons. The first-order valence-electron chi connectivity index (χ1n) is 10.8. The maximum atomic E-state index is 11.4. The predicted molar refractivity (Wildman–Crippen MR) is 106 cm³/mol. The van der Waals surface area contributed by atoms with Crippen LogP contribution >= 0.6 is 0 Å². The van der Waals surface area contributed by atoms with Gasteiger partial charge in [-0.15, -0.1) is 0 Å². The lowest BCUT2D eigenvalue weighted by atomic mass is 9.47. The molecule has 4 aliphatic carbocycles. The van der Waals surface area contributed by atoms with Crippen molar-refractivity contribution in [3.63, 3.8) is 0 Å². The van der Waals surface area contributed by atoms with Crippen molar-refractivity contribution in [2.75, 3.05) is 0 Å². The van der Waals surface area contributed by atoms with E-state index in [0.717, 1.165) is 42.7 Å². The Morgan fingerprint density at radius 3 is 2.63 bits per heavy atom. The average molecular weight is 374 g/mol. The number of rotatable bonds is 2. The van der Waals surface area contributed by atoms with Crippen LogP contribution in [-0.2, 0) is 9.53 Å². The molecule has 0 aromatic heterocycles. The third kappa shape index (κ3) is 2.86. The maximum Gasteiger partial charge on any atom is 0.302 e. The molecule has 150 valence electrons. The minimum atomic E-state index is -0.149. The molecule has 0 aromatic carbocycles. The molecule has 4 nitrogen and oxygen atoms in total. The third-order valence-electron chi connectivity index (χ3n) is 9.05. The molecule has 27 heavy (non-hydrogen) atoms. The Morgan fingerprint density at radius 2 is 1.93 bits per heavy atom. The minimum Gasteiger partial charge on any atom is -0.462 e. The fourth-order valence-corrected chi connectivity index (χ4v) is 7.72. The minimum absolute atomic E-state index is 0.0755. The van der Waals surface area contributed by atoms with E-state index < -0.39 is 0 Å². The van der Waals surface area contributed by atoms with E-state index in [2.05, 4.69) is 25.1 Å². The lowest BCUT2D eigenvalue weighted by Crippen LogP contribution is -2.51. The molecule has 1 N–H and O–H groups in total. The monoisotopic (exact) mass is 373 g/mol. The number of carbonyl (C=O) groups is 1. The third-order valence-corrected chi connectivity index (χ3v) is 9.05. The summed E-state index contributed by atoms with van der Waals surface area (Å²) in [6.07, 6.45) is 11.8. The Kier molecular flexibility index (Phi) is 4.67. The highest BCUT2D eigenvalue weighted by molar-refractivity contribution is 5.85. The molecule has 0 saturated heterocycles. The van der Waals surface area contributed by atoms with Crippen LogP contribution in [0, 0.1) is 34.5 Å². The molecule has 0 aliphatic heterocycles. The van der Waals surface area contributed by atoms with Gasteiger partial charge in [-0.3, -0.25) is 4.79 Å². The number of carbonyl (C=O) groups excluding carboxylic acids is 1. The number of allylic oxidation sites excluding steroid dienone is 1. The van der Waals surface area contributed by atoms with Crippen LogP contribution in [0.4, 0.5) is 0 Å². The highest BCUT2D eigenvalue weighted by Gasteiger charge is 2.59. The fourth-order valence-electron chi connectivity index (χ4n) is 7.72. The van der Waals surface area contributed by atoms with Gasteiger partial charge in [-0.25, -0.2) is 0 Å². The average Bonchev–Trinajstić information content (AvgIpc) is 2.98. The van der Waals surface area contributed by atoms with Crippen LogP contribution in [0.25, 0.3) is 0 Å². The Morgan fingerprint density at radius 1 is 1.15 bits per heavy atom. The van der Waals surface area contributed by atoms with Gasteiger partial charge in [-0.2, -0.15) is 0 Å². The molecule has 3 fully saturated rings. The lowest BCUT2D eigenvalue weighted by molar-refractivity contribution is -0.148. The molecule has 0 aromatic rings. The van der Waals surface area contributed by atoms with E-state index in [1.165, 1.54) is 39.0 Å². The zero-order chi connectivity index (χ0) is 19.4. The van der Waals surface area contributed by atoms with Gasteiger partial charge in [0.2, 0.25) is 0 Å². The van der Waals surface area contributed by atoms with E-state index in [1.54, 1.807) is 5.57 Å². The molecule has 4 heteroatoms. The van der Waals surface area contributed by atoms with Crippen LogP contribution in [0.15, 0.2) is 16.8 Å². The number of esters is 1. The standard InChI is InChI=1S/C23H35NO3/c1-14(24-26)19-7-8-20-18-6-5-16-13-17(27-15(2)25)9-11-22(16,3)21(18)10-12-23(19,20)4/h5,17-21,26H,6-13H2,1-4H3/b24-14-. The van der Waals surface area contributed by atoms with E-state index in [4.69, 9.17) is 4.74 Å². The second kappa shape index (κ2) is 6.63. The zero-order valence-corrected chi connectivity index (χ0v) is 17.3. The summed E-state index contributed by atoms with van der Waals surface area (Å²) in [7, 11) is 0. The number of oxime groups is 1. The second-order valence-corrected chi connectivity index (χ2v) is 10.1. The van der Waals surface area contributed by atoms with Crippen LogP contribution in [0.3, 0.4) is 0 Å². The van der Waals surface area contributed by atoms with Gasteiger partial charge in [0.15, 0.2) is 0 Å². The Labute approximate surface area is 163 Å². The normalized spacial score (nSPS) is 46.7. The molecular formula is C23H35NO3. The van der Waals surface area contributed by atoms with Crippen molar-refractivity contribution in [3.05, 3.63) is 11.6 Å². The van der Waals surface area contributed by atoms with Crippen molar-refractivity contribution in [3.8, 4) is 0 Å². The van der Waals surface area contributed by atoms with E-state index in [0.29, 0.717) is 5.92 Å². The molecule has 4 rings (SSSR count). The maximum absolute atomic E-state index is 11.4. The summed E-state index contributed by atoms with van der Waals surface area (Å²) in [5.41, 5.74) is 3.04. The Balaban J connectivity index is 1.58. The predicted octanol–water partition coefficient (Wildman–Crippen LogP) is 5.35. The first kappa shape index (κ1) is 19.0. The molecule has 0 spiro atoms. The van der Waals surface area contributed by atoms with Crippen molar-refractivity contribution >= 4 is 11.7 Å². The number of nitrogens with zero attached hydrogens (tertiary/aromatic N) is 1. The summed E-state index contributed by atoms with van der Waals surface area (Å²) in [6, 6.07) is 0. The lowest BCUT2D eigenvalue weighted by Gasteiger charge is -2.58. The van der Waals surface area contributed by atoms with E-state index in [-0.39, 0.29) is 22.9 Å². The van der Waals surface area contributed by atoms with Crippen LogP contribution in [0.1, 0.15) is 79.1 Å². The van der Waals surface area contributed by atoms with Crippen molar-refractivity contribution < 1.29 is 14.7 Å². The first-order chi connectivity index (χ1) is 12.8. The van der Waals surface area contributed by atoms with Gasteiger partial charge in [0.1, 0.15) is 6.10 Å². The van der Waals surface area contributed by atoms with Crippen molar-refractivity contribution in [1.29, 1.82) is 0 Å². The summed E-state index contributed by atoms with van der Waals surface area (Å²) in [4.78, 5) is 11.4. The Hall–Kier alpha value is -1.32. The molecule has 3 saturated carbocycles. The molecular weight excluding hydrogens is 338 g/mol. The summed E-state index contributed by atoms with van der Waals surface area (Å²) in [5, 5.41) is 12.9. The zero-order valence-electron chi connectivity index (χ0n) is 17.3. The fraction of sp³-hybridized carbons (Fsp3) is 0.826. The van der Waals surface area contributed by atoms with E-state index in [9.17, 15) is 10.0 Å². The van der Waals surface area contributed by atoms with Crippen LogP contribution in [-0.4, -0.2) is 23.0 Å². The van der Waals surface area contributed by atoms with Crippen LogP contribution in [0.2, 0.25) is 0 Å². The second-order valence-electron chi connectivity index (χ2n) is 10.1. The molecule has 0 bridgehead atoms. The van der Waals surface area contributed by atoms with Gasteiger partial charge >= 0.3 is 5.97 Å². The van der Waals surface area contributed by atoms with Crippen molar-refractivity contribution in [2.45, 2.75) is 85.2 Å². The Bertz CT molecular complexity index is 683. The highest BCUT2D eigenvalue weighted by Crippen LogP contribution is 2.66. The summed E-state index contributed by atoms with van der Waals surface area (Å²) < 4.78 is 5.54. The molecule has 0 heterocycles. The molecule has 4 aliphatic rings. The molecule has 7 atom stereocenters. The summed E-state index contributed by atoms with van der Waals surface area (Å²) in [5.74, 6) is 2.52. The number of ether oxygens (including phenoxy) is 1. The summed E-state index contributed by atoms with van der Waals surface area (Å²) >= 11 is 0. The highest BCUT2D eigenvalue weighted by atomic mass is 16.5. The van der Waals surface area contributed by atoms with Crippen molar-refractivity contribution in [2.24, 2.45) is 39.7 Å². The smallest absolute Gasteiger partial charge is 0.302 e. The van der Waals surface area contributed by atoms with Crippen LogP contribution < -0.4 is 0 Å². The van der Waals surface area contributed by atoms with Crippen LogP contribution in [0.5, 0.6) is 0 Å². The SMILES string of the molecule is CC(=O)OC1CCC2(C)C(=CCC3C2CCC2(C)C(/C(C)=N\O)CCC32)C1. The quantitative estimate of drug-likeness (QED) is 0.233. The molecule has 7 unspecified atom stereocenters. The molecule has 0 amide bonds. The van der Waals surface area contributed by atoms with E-state index in [1.807, 2.05) is 6.92 Å². The van der Waals surface area contributed by atoms with Gasteiger partial charge in [0.25, 0.3) is 0 Å². The van der Waals surface area contributed by atoms with Gasteiger partial charge in [0.05, 0.1) is 5.71 Å². The largest absolute Gasteiger partial charge is 0.462 e. The summed E-state index contributed by atoms with van der Waals surface area (Å²) in [6.45, 7) is 8.46. The van der Waals surface area contributed by atoms with Gasteiger partial charge in [-0.05, 0) is 80.5 Å².